The Bertz CT molecular complexity index is 1050. The van der Waals surface area contributed by atoms with Gasteiger partial charge in [-0.25, -0.2) is 0 Å². The molecule has 0 radical (unpaired) electrons. The van der Waals surface area contributed by atoms with E-state index in [-0.39, 0.29) is 45.0 Å². The van der Waals surface area contributed by atoms with Crippen molar-refractivity contribution in [3.05, 3.63) is 24.0 Å². The zero-order chi connectivity index (χ0) is 30.2. The molecule has 0 aromatic carbocycles. The lowest BCUT2D eigenvalue weighted by molar-refractivity contribution is -0.229. The van der Waals surface area contributed by atoms with Crippen LogP contribution >= 0.6 is 0 Å². The lowest BCUT2D eigenvalue weighted by Crippen LogP contribution is -2.66. The predicted molar refractivity (Wildman–Crippen MR) is 169 cm³/mol. The first-order valence-electron chi connectivity index (χ1n) is 17.1. The molecule has 0 aromatic rings. The number of hydrogen-bond donors (Lipinski definition) is 1. The highest BCUT2D eigenvalue weighted by Gasteiger charge is 2.68. The summed E-state index contributed by atoms with van der Waals surface area (Å²) in [6.45, 7) is 27.4. The van der Waals surface area contributed by atoms with Gasteiger partial charge in [0.05, 0.1) is 31.7 Å². The third-order valence-corrected chi connectivity index (χ3v) is 14.6. The second-order valence-electron chi connectivity index (χ2n) is 16.9. The van der Waals surface area contributed by atoms with Crippen molar-refractivity contribution in [2.24, 2.45) is 57.0 Å². The summed E-state index contributed by atoms with van der Waals surface area (Å²) in [4.78, 5) is 0. The van der Waals surface area contributed by atoms with E-state index in [1.807, 2.05) is 0 Å². The maximum Gasteiger partial charge on any atom is 0.112 e. The van der Waals surface area contributed by atoms with E-state index in [0.717, 1.165) is 25.9 Å². The van der Waals surface area contributed by atoms with Gasteiger partial charge >= 0.3 is 0 Å². The van der Waals surface area contributed by atoms with Crippen LogP contribution in [0.15, 0.2) is 24.0 Å². The van der Waals surface area contributed by atoms with Crippen LogP contribution in [0.1, 0.15) is 121 Å². The quantitative estimate of drug-likeness (QED) is 0.297. The van der Waals surface area contributed by atoms with Gasteiger partial charge in [0, 0.05) is 21.8 Å². The normalized spacial score (nSPS) is 46.5. The Morgan fingerprint density at radius 1 is 1.10 bits per heavy atom. The van der Waals surface area contributed by atoms with E-state index < -0.39 is 0 Å². The fourth-order valence-corrected chi connectivity index (χ4v) is 10.5. The van der Waals surface area contributed by atoms with Gasteiger partial charge in [0.15, 0.2) is 0 Å². The summed E-state index contributed by atoms with van der Waals surface area (Å²) in [5.41, 5.74) is 8.43. The van der Waals surface area contributed by atoms with Crippen LogP contribution in [-0.2, 0) is 14.2 Å². The number of ether oxygens (including phenoxy) is 3. The molecule has 2 heterocycles. The predicted octanol–water partition coefficient (Wildman–Crippen LogP) is 8.69. The van der Waals surface area contributed by atoms with Crippen molar-refractivity contribution in [1.82, 2.24) is 0 Å². The van der Waals surface area contributed by atoms with E-state index in [1.165, 1.54) is 25.7 Å². The smallest absolute Gasteiger partial charge is 0.112 e. The van der Waals surface area contributed by atoms with Gasteiger partial charge in [-0.1, -0.05) is 74.0 Å². The van der Waals surface area contributed by atoms with Gasteiger partial charge in [-0.15, -0.1) is 0 Å². The van der Waals surface area contributed by atoms with Crippen molar-refractivity contribution in [1.29, 1.82) is 0 Å². The SMILES string of the molecule is CCC(OC[C@](C)(N)C(C)C)[C@@]1(C)COC(C)C2(C)C3=CC[C@]45C=CO[C@]([C@H](C)C(C)C)(CCC4(C)C3CCC21)C5. The molecule has 2 saturated carbocycles. The molecule has 3 fully saturated rings. The fraction of sp³-hybridized carbons (Fsp3) is 0.892. The highest BCUT2D eigenvalue weighted by Crippen LogP contribution is 2.73. The largest absolute Gasteiger partial charge is 0.495 e. The van der Waals surface area contributed by atoms with E-state index in [2.05, 4.69) is 94.6 Å². The number of rotatable bonds is 8. The van der Waals surface area contributed by atoms with Crippen LogP contribution in [0.5, 0.6) is 0 Å². The van der Waals surface area contributed by atoms with Crippen LogP contribution in [0.25, 0.3) is 0 Å². The molecule has 2 bridgehead atoms. The molecule has 1 saturated heterocycles. The number of nitrogens with two attached hydrogens (primary N) is 1. The van der Waals surface area contributed by atoms with Crippen LogP contribution < -0.4 is 5.73 Å². The molecule has 0 aromatic heterocycles. The molecule has 6 unspecified atom stereocenters. The molecule has 11 atom stereocenters. The Labute approximate surface area is 252 Å². The topological polar surface area (TPSA) is 53.7 Å². The minimum atomic E-state index is -0.330. The first-order chi connectivity index (χ1) is 19.0. The number of hydrogen-bond acceptors (Lipinski definition) is 4. The zero-order valence-corrected chi connectivity index (χ0v) is 28.4. The third kappa shape index (κ3) is 4.46. The average molecular weight is 570 g/mol. The molecule has 41 heavy (non-hydrogen) atoms. The molecular formula is C37H63NO3. The Kier molecular flexibility index (Phi) is 7.99. The third-order valence-electron chi connectivity index (χ3n) is 14.6. The Morgan fingerprint density at radius 2 is 1.80 bits per heavy atom. The monoisotopic (exact) mass is 569 g/mol. The van der Waals surface area contributed by atoms with Crippen molar-refractivity contribution in [2.75, 3.05) is 13.2 Å². The van der Waals surface area contributed by atoms with Gasteiger partial charge in [0.1, 0.15) is 5.60 Å². The van der Waals surface area contributed by atoms with Crippen molar-refractivity contribution in [2.45, 2.75) is 144 Å². The summed E-state index contributed by atoms with van der Waals surface area (Å²) >= 11 is 0. The first kappa shape index (κ1) is 31.6. The molecule has 234 valence electrons. The lowest BCUT2D eigenvalue weighted by atomic mass is 9.38. The zero-order valence-electron chi connectivity index (χ0n) is 28.4. The van der Waals surface area contributed by atoms with Crippen LogP contribution in [0.2, 0.25) is 0 Å². The fourth-order valence-electron chi connectivity index (χ4n) is 10.5. The van der Waals surface area contributed by atoms with Gasteiger partial charge in [-0.3, -0.25) is 0 Å². The van der Waals surface area contributed by atoms with Gasteiger partial charge < -0.3 is 19.9 Å². The lowest BCUT2D eigenvalue weighted by Gasteiger charge is -2.69. The summed E-state index contributed by atoms with van der Waals surface area (Å²) < 4.78 is 20.2. The van der Waals surface area contributed by atoms with E-state index in [9.17, 15) is 0 Å². The second kappa shape index (κ2) is 10.4. The standard InChI is InChI=1S/C37H63NO3/c1-12-31(40-23-34(10,38)25(4)5)32(8)22-39-27(7)35(11)29-15-16-36-19-20-41-37(21-36,26(6)24(2)3)18-17-33(36,9)28(29)13-14-30(32)35/h15,19-20,24-28,30-31H,12-14,16-18,21-23,38H2,1-11H3/t26-,27?,28?,30?,31?,32+,33?,34+,35?,36-,37-/m1/s1. The van der Waals surface area contributed by atoms with Gasteiger partial charge in [0.2, 0.25) is 0 Å². The molecule has 1 spiro atoms. The molecular weight excluding hydrogens is 506 g/mol. The van der Waals surface area contributed by atoms with Crippen LogP contribution in [0.3, 0.4) is 0 Å². The first-order valence-corrected chi connectivity index (χ1v) is 17.1. The molecule has 4 nitrogen and oxygen atoms in total. The molecule has 5 rings (SSSR count). The summed E-state index contributed by atoms with van der Waals surface area (Å²) in [6.07, 6.45) is 15.8. The van der Waals surface area contributed by atoms with E-state index >= 15 is 0 Å². The van der Waals surface area contributed by atoms with Crippen molar-refractivity contribution >= 4 is 0 Å². The van der Waals surface area contributed by atoms with Crippen LogP contribution in [-0.4, -0.2) is 36.6 Å². The van der Waals surface area contributed by atoms with Crippen molar-refractivity contribution < 1.29 is 14.2 Å². The summed E-state index contributed by atoms with van der Waals surface area (Å²) in [5, 5.41) is 0. The summed E-state index contributed by atoms with van der Waals surface area (Å²) in [5.74, 6) is 2.66. The summed E-state index contributed by atoms with van der Waals surface area (Å²) in [6, 6.07) is 0. The maximum atomic E-state index is 6.81. The molecule has 2 N–H and O–H groups in total. The Hall–Kier alpha value is -0.840. The Morgan fingerprint density at radius 3 is 2.44 bits per heavy atom. The molecule has 3 aliphatic carbocycles. The number of allylic oxidation sites excluding steroid dienone is 2. The van der Waals surface area contributed by atoms with E-state index in [4.69, 9.17) is 19.9 Å². The highest BCUT2D eigenvalue weighted by atomic mass is 16.5. The molecule has 4 heteroatoms. The van der Waals surface area contributed by atoms with E-state index in [1.54, 1.807) is 5.57 Å². The molecule has 5 aliphatic rings. The van der Waals surface area contributed by atoms with Gasteiger partial charge in [-0.2, -0.15) is 0 Å². The van der Waals surface area contributed by atoms with Gasteiger partial charge in [0.25, 0.3) is 0 Å². The number of fused-ring (bicyclic) bond motifs is 5. The van der Waals surface area contributed by atoms with Crippen LogP contribution in [0.4, 0.5) is 0 Å². The van der Waals surface area contributed by atoms with E-state index in [0.29, 0.717) is 36.2 Å². The van der Waals surface area contributed by atoms with Crippen LogP contribution in [0, 0.1) is 51.2 Å². The Balaban J connectivity index is 1.49. The van der Waals surface area contributed by atoms with Crippen molar-refractivity contribution in [3.63, 3.8) is 0 Å². The molecule has 0 amide bonds. The minimum absolute atomic E-state index is 0.00994. The van der Waals surface area contributed by atoms with Crippen molar-refractivity contribution in [3.8, 4) is 0 Å². The molecule has 2 aliphatic heterocycles. The van der Waals surface area contributed by atoms with Gasteiger partial charge in [-0.05, 0) is 99.9 Å². The second-order valence-corrected chi connectivity index (χ2v) is 16.9. The average Bonchev–Trinajstić information content (AvgIpc) is 2.91. The highest BCUT2D eigenvalue weighted by molar-refractivity contribution is 5.36. The summed E-state index contributed by atoms with van der Waals surface area (Å²) in [7, 11) is 0. The maximum absolute atomic E-state index is 6.81. The minimum Gasteiger partial charge on any atom is -0.495 e.